The van der Waals surface area contributed by atoms with Gasteiger partial charge in [-0.3, -0.25) is 4.90 Å². The normalized spacial score (nSPS) is 9.88. The quantitative estimate of drug-likeness (QED) is 0.665. The molecule has 1 N–H and O–H groups in total. The molecule has 0 unspecified atom stereocenters. The summed E-state index contributed by atoms with van der Waals surface area (Å²) in [7, 11) is 3.34. The van der Waals surface area contributed by atoms with Crippen molar-refractivity contribution in [2.24, 2.45) is 0 Å². The maximum Gasteiger partial charge on any atom is 0.271 e. The molecule has 2 aromatic heterocycles. The topological polar surface area (TPSA) is 118 Å². The lowest BCUT2D eigenvalue weighted by atomic mass is 10.7. The van der Waals surface area contributed by atoms with Gasteiger partial charge in [0.25, 0.3) is 17.8 Å². The third-order valence-electron chi connectivity index (χ3n) is 1.69. The zero-order valence-electron chi connectivity index (χ0n) is 8.60. The summed E-state index contributed by atoms with van der Waals surface area (Å²) in [4.78, 5) is 1.47. The molecule has 10 nitrogen and oxygen atoms in total. The van der Waals surface area contributed by atoms with Crippen LogP contribution < -0.4 is 10.2 Å². The van der Waals surface area contributed by atoms with E-state index in [1.165, 1.54) is 11.2 Å². The van der Waals surface area contributed by atoms with Crippen molar-refractivity contribution in [1.29, 1.82) is 0 Å². The maximum atomic E-state index is 3.83. The predicted octanol–water partition coefficient (Wildman–Crippen LogP) is -1.34. The molecule has 0 amide bonds. The lowest BCUT2D eigenvalue weighted by Crippen LogP contribution is -2.18. The molecule has 0 saturated heterocycles. The van der Waals surface area contributed by atoms with Crippen molar-refractivity contribution < 1.29 is 0 Å². The van der Waals surface area contributed by atoms with Crippen LogP contribution in [0.3, 0.4) is 0 Å². The van der Waals surface area contributed by atoms with E-state index in [0.717, 1.165) is 0 Å². The Morgan fingerprint density at radius 3 is 2.06 bits per heavy atom. The van der Waals surface area contributed by atoms with Crippen LogP contribution in [0.5, 0.6) is 0 Å². The van der Waals surface area contributed by atoms with E-state index >= 15 is 0 Å². The van der Waals surface area contributed by atoms with Gasteiger partial charge in [-0.2, -0.15) is 0 Å². The van der Waals surface area contributed by atoms with Crippen LogP contribution in [-0.2, 0) is 0 Å². The average Bonchev–Trinajstić information content (AvgIpc) is 2.39. The van der Waals surface area contributed by atoms with Crippen molar-refractivity contribution in [1.82, 2.24) is 40.8 Å². The fourth-order valence-electron chi connectivity index (χ4n) is 0.880. The predicted molar refractivity (Wildman–Crippen MR) is 52.9 cm³/mol. The molecule has 0 aliphatic rings. The second-order valence-electron chi connectivity index (χ2n) is 2.68. The van der Waals surface area contributed by atoms with Crippen LogP contribution in [0, 0.1) is 0 Å². The molecule has 10 heteroatoms. The molecule has 0 fully saturated rings. The molecule has 0 atom stereocenters. The van der Waals surface area contributed by atoms with Gasteiger partial charge in [-0.05, 0) is 0 Å². The summed E-state index contributed by atoms with van der Waals surface area (Å²) in [6.07, 6.45) is 1.23. The van der Waals surface area contributed by atoms with Gasteiger partial charge in [-0.15, -0.1) is 40.8 Å². The molecular formula is C6H8N10. The van der Waals surface area contributed by atoms with Gasteiger partial charge in [-0.25, -0.2) is 0 Å². The van der Waals surface area contributed by atoms with Gasteiger partial charge in [-0.1, -0.05) is 0 Å². The largest absolute Gasteiger partial charge is 0.355 e. The second kappa shape index (κ2) is 4.33. The minimum absolute atomic E-state index is 0.258. The molecule has 82 valence electrons. The first-order chi connectivity index (χ1) is 7.81. The van der Waals surface area contributed by atoms with Gasteiger partial charge in [0.1, 0.15) is 0 Å². The van der Waals surface area contributed by atoms with Crippen molar-refractivity contribution >= 4 is 17.8 Å². The zero-order valence-corrected chi connectivity index (χ0v) is 8.60. The van der Waals surface area contributed by atoms with Crippen LogP contribution in [0.25, 0.3) is 0 Å². The van der Waals surface area contributed by atoms with E-state index < -0.39 is 0 Å². The maximum absolute atomic E-state index is 3.83. The molecule has 0 radical (unpaired) electrons. The van der Waals surface area contributed by atoms with Crippen LogP contribution in [0.1, 0.15) is 0 Å². The highest BCUT2D eigenvalue weighted by molar-refractivity contribution is 5.43. The Kier molecular flexibility index (Phi) is 2.71. The monoisotopic (exact) mass is 220 g/mol. The summed E-state index contributed by atoms with van der Waals surface area (Å²) in [5, 5.41) is 32.6. The van der Waals surface area contributed by atoms with E-state index in [4.69, 9.17) is 0 Å². The summed E-state index contributed by atoms with van der Waals surface area (Å²) < 4.78 is 0. The van der Waals surface area contributed by atoms with E-state index in [1.54, 1.807) is 14.1 Å². The van der Waals surface area contributed by atoms with Gasteiger partial charge >= 0.3 is 0 Å². The Hall–Kier alpha value is -2.52. The summed E-state index contributed by atoms with van der Waals surface area (Å²) in [5.41, 5.74) is 0. The molecule has 0 aliphatic heterocycles. The van der Waals surface area contributed by atoms with Crippen molar-refractivity contribution in [3.63, 3.8) is 0 Å². The molecule has 16 heavy (non-hydrogen) atoms. The zero-order chi connectivity index (χ0) is 11.4. The molecule has 2 aromatic rings. The van der Waals surface area contributed by atoms with Crippen LogP contribution in [0.4, 0.5) is 17.8 Å². The standard InChI is InChI=1S/C6H8N10/c1-7-4-10-14-6(15-11-4)16(2)5-12-8-3-9-13-5/h3H,1-2H3,(H,7,10,11). The molecule has 2 rings (SSSR count). The number of rotatable bonds is 3. The fraction of sp³-hybridized carbons (Fsp3) is 0.333. The van der Waals surface area contributed by atoms with Gasteiger partial charge < -0.3 is 5.32 Å². The van der Waals surface area contributed by atoms with Crippen LogP contribution >= 0.6 is 0 Å². The summed E-state index contributed by atoms with van der Waals surface area (Å²) in [5.74, 6) is 0.861. The van der Waals surface area contributed by atoms with Crippen LogP contribution in [0.15, 0.2) is 6.33 Å². The molecule has 0 aliphatic carbocycles. The van der Waals surface area contributed by atoms with Gasteiger partial charge in [0.15, 0.2) is 6.33 Å². The highest BCUT2D eigenvalue weighted by atomic mass is 15.5. The third-order valence-corrected chi connectivity index (χ3v) is 1.69. The highest BCUT2D eigenvalue weighted by Crippen LogP contribution is 2.10. The van der Waals surface area contributed by atoms with Gasteiger partial charge in [0, 0.05) is 14.1 Å². The molecule has 0 saturated carbocycles. The summed E-state index contributed by atoms with van der Waals surface area (Å²) in [6, 6.07) is 0. The third kappa shape index (κ3) is 1.94. The van der Waals surface area contributed by atoms with E-state index in [2.05, 4.69) is 46.1 Å². The van der Waals surface area contributed by atoms with Crippen molar-refractivity contribution in [2.45, 2.75) is 0 Å². The number of hydrogen-bond donors (Lipinski definition) is 1. The summed E-state index contributed by atoms with van der Waals surface area (Å²) in [6.45, 7) is 0. The smallest absolute Gasteiger partial charge is 0.271 e. The first-order valence-corrected chi connectivity index (χ1v) is 4.30. The number of nitrogens with zero attached hydrogens (tertiary/aromatic N) is 9. The number of anilines is 3. The fourth-order valence-corrected chi connectivity index (χ4v) is 0.880. The van der Waals surface area contributed by atoms with Crippen LogP contribution in [0.2, 0.25) is 0 Å². The molecule has 0 bridgehead atoms. The minimum atomic E-state index is 0.258. The van der Waals surface area contributed by atoms with Crippen molar-refractivity contribution in [2.75, 3.05) is 24.3 Å². The molecular weight excluding hydrogens is 212 g/mol. The first kappa shape index (κ1) is 10.0. The Morgan fingerprint density at radius 1 is 0.938 bits per heavy atom. The second-order valence-corrected chi connectivity index (χ2v) is 2.68. The molecule has 0 spiro atoms. The van der Waals surface area contributed by atoms with Crippen LogP contribution in [-0.4, -0.2) is 54.9 Å². The Labute approximate surface area is 90.2 Å². The van der Waals surface area contributed by atoms with E-state index in [1.807, 2.05) is 0 Å². The highest BCUT2D eigenvalue weighted by Gasteiger charge is 2.11. The first-order valence-electron chi connectivity index (χ1n) is 4.30. The van der Waals surface area contributed by atoms with E-state index in [-0.39, 0.29) is 11.9 Å². The van der Waals surface area contributed by atoms with Crippen molar-refractivity contribution in [3.8, 4) is 0 Å². The van der Waals surface area contributed by atoms with Gasteiger partial charge in [0.05, 0.1) is 0 Å². The molecule has 2 heterocycles. The Balaban J connectivity index is 2.24. The summed E-state index contributed by atoms with van der Waals surface area (Å²) >= 11 is 0. The minimum Gasteiger partial charge on any atom is -0.355 e. The Bertz CT molecular complexity index is 441. The lowest BCUT2D eigenvalue weighted by molar-refractivity contribution is 0.789. The number of hydrogen-bond acceptors (Lipinski definition) is 10. The number of nitrogens with one attached hydrogen (secondary N) is 1. The lowest BCUT2D eigenvalue weighted by Gasteiger charge is -2.11. The van der Waals surface area contributed by atoms with Gasteiger partial charge in [0.2, 0.25) is 0 Å². The Morgan fingerprint density at radius 2 is 1.50 bits per heavy atom. The van der Waals surface area contributed by atoms with E-state index in [9.17, 15) is 0 Å². The molecule has 0 aromatic carbocycles. The average molecular weight is 220 g/mol. The van der Waals surface area contributed by atoms with E-state index in [0.29, 0.717) is 5.95 Å². The number of aromatic nitrogens is 8. The van der Waals surface area contributed by atoms with Crippen molar-refractivity contribution in [3.05, 3.63) is 6.33 Å². The SMILES string of the molecule is CNc1nnc(N(C)c2nncnn2)nn1.